The molecule has 2 aromatic rings. The lowest BCUT2D eigenvalue weighted by Crippen LogP contribution is -2.57. The van der Waals surface area contributed by atoms with E-state index in [0.29, 0.717) is 0 Å². The Bertz CT molecular complexity index is 859. The van der Waals surface area contributed by atoms with Crippen molar-refractivity contribution in [1.29, 1.82) is 0 Å². The van der Waals surface area contributed by atoms with Crippen LogP contribution in [0.15, 0.2) is 36.0 Å². The molecule has 1 aliphatic heterocycles. The number of benzene rings is 1. The number of nitrogens with zero attached hydrogens (tertiary/aromatic N) is 2. The highest BCUT2D eigenvalue weighted by molar-refractivity contribution is 5.61. The molecule has 2 aliphatic carbocycles. The van der Waals surface area contributed by atoms with Crippen molar-refractivity contribution in [2.75, 3.05) is 13.2 Å². The molecule has 2 fully saturated rings. The van der Waals surface area contributed by atoms with Gasteiger partial charge in [0.1, 0.15) is 5.82 Å². The van der Waals surface area contributed by atoms with Crippen molar-refractivity contribution in [3.05, 3.63) is 53.1 Å². The van der Waals surface area contributed by atoms with Gasteiger partial charge in [-0.25, -0.2) is 9.07 Å². The Hall–Kier alpha value is -1.98. The first-order valence-corrected chi connectivity index (χ1v) is 9.43. The first kappa shape index (κ1) is 16.2. The van der Waals surface area contributed by atoms with E-state index < -0.39 is 5.79 Å². The molecule has 1 spiro atoms. The van der Waals surface area contributed by atoms with Gasteiger partial charge in [-0.05, 0) is 61.6 Å². The van der Waals surface area contributed by atoms with Crippen LogP contribution >= 0.6 is 0 Å². The van der Waals surface area contributed by atoms with Gasteiger partial charge in [-0.1, -0.05) is 12.5 Å². The van der Waals surface area contributed by atoms with E-state index in [1.54, 1.807) is 12.1 Å². The van der Waals surface area contributed by atoms with Crippen LogP contribution in [0.5, 0.6) is 0 Å². The summed E-state index contributed by atoms with van der Waals surface area (Å²) in [5.74, 6) is -0.744. The van der Waals surface area contributed by atoms with Crippen molar-refractivity contribution in [2.24, 2.45) is 5.41 Å². The van der Waals surface area contributed by atoms with E-state index in [1.165, 1.54) is 23.3 Å². The van der Waals surface area contributed by atoms with Gasteiger partial charge in [0.15, 0.2) is 5.79 Å². The quantitative estimate of drug-likeness (QED) is 0.767. The molecular weight excluding hydrogens is 331 g/mol. The number of rotatable bonds is 1. The zero-order valence-corrected chi connectivity index (χ0v) is 15.0. The molecule has 0 radical (unpaired) electrons. The minimum atomic E-state index is -0.509. The third kappa shape index (κ3) is 2.23. The Labute approximate surface area is 152 Å². The largest absolute Gasteiger partial charge is 0.349 e. The van der Waals surface area contributed by atoms with E-state index in [2.05, 4.69) is 18.1 Å². The van der Waals surface area contributed by atoms with Crippen molar-refractivity contribution in [3.8, 4) is 5.69 Å². The summed E-state index contributed by atoms with van der Waals surface area (Å²) in [5, 5.41) is 4.59. The van der Waals surface area contributed by atoms with Gasteiger partial charge in [0.25, 0.3) is 0 Å². The Balaban J connectivity index is 1.58. The molecule has 4 nitrogen and oxygen atoms in total. The normalized spacial score (nSPS) is 26.9. The fourth-order valence-electron chi connectivity index (χ4n) is 4.84. The lowest BCUT2D eigenvalue weighted by molar-refractivity contribution is -0.321. The zero-order chi connectivity index (χ0) is 17.8. The monoisotopic (exact) mass is 354 g/mol. The predicted octanol–water partition coefficient (Wildman–Crippen LogP) is 4.27. The van der Waals surface area contributed by atoms with Gasteiger partial charge in [0.2, 0.25) is 0 Å². The van der Waals surface area contributed by atoms with Gasteiger partial charge in [0, 0.05) is 11.8 Å². The molecular formula is C21H23FN2O2. The molecule has 1 aromatic heterocycles. The molecule has 3 aliphatic rings. The van der Waals surface area contributed by atoms with Crippen LogP contribution in [-0.4, -0.2) is 28.8 Å². The maximum atomic E-state index is 13.3. The van der Waals surface area contributed by atoms with Crippen molar-refractivity contribution < 1.29 is 13.9 Å². The number of halogens is 1. The highest BCUT2D eigenvalue weighted by Gasteiger charge is 2.56. The Morgan fingerprint density at radius 2 is 1.88 bits per heavy atom. The van der Waals surface area contributed by atoms with Gasteiger partial charge in [-0.2, -0.15) is 5.10 Å². The summed E-state index contributed by atoms with van der Waals surface area (Å²) in [6.07, 6.45) is 9.09. The summed E-state index contributed by atoms with van der Waals surface area (Å²) in [5.41, 5.74) is 4.39. The standard InChI is InChI=1S/C21H23FN2O2/c1-20-13-15-14-23-24(18-7-5-17(22)6-8-18)19(15)12-16(20)4-2-9-21(20)25-10-3-11-26-21/h5-8,12,14H,2-4,9-11,13H2,1H3. The van der Waals surface area contributed by atoms with Crippen LogP contribution in [0.3, 0.4) is 0 Å². The summed E-state index contributed by atoms with van der Waals surface area (Å²) in [6, 6.07) is 6.49. The second kappa shape index (κ2) is 5.76. The number of fused-ring (bicyclic) bond motifs is 3. The fraction of sp³-hybridized carbons (Fsp3) is 0.476. The van der Waals surface area contributed by atoms with E-state index in [1.807, 2.05) is 10.9 Å². The molecule has 0 amide bonds. The van der Waals surface area contributed by atoms with Crippen molar-refractivity contribution in [3.63, 3.8) is 0 Å². The number of hydrogen-bond acceptors (Lipinski definition) is 3. The molecule has 1 atom stereocenters. The van der Waals surface area contributed by atoms with Crippen molar-refractivity contribution in [2.45, 2.75) is 44.8 Å². The van der Waals surface area contributed by atoms with Crippen molar-refractivity contribution >= 4 is 6.08 Å². The second-order valence-corrected chi connectivity index (χ2v) is 7.78. The zero-order valence-electron chi connectivity index (χ0n) is 15.0. The first-order chi connectivity index (χ1) is 12.6. The Morgan fingerprint density at radius 3 is 2.65 bits per heavy atom. The van der Waals surface area contributed by atoms with Crippen molar-refractivity contribution in [1.82, 2.24) is 9.78 Å². The maximum absolute atomic E-state index is 13.3. The molecule has 0 bridgehead atoms. The van der Waals surface area contributed by atoms with E-state index in [9.17, 15) is 4.39 Å². The molecule has 1 aromatic carbocycles. The van der Waals surface area contributed by atoms with Gasteiger partial charge in [-0.3, -0.25) is 0 Å². The summed E-state index contributed by atoms with van der Waals surface area (Å²) in [6.45, 7) is 3.82. The first-order valence-electron chi connectivity index (χ1n) is 9.43. The Morgan fingerprint density at radius 1 is 1.12 bits per heavy atom. The van der Waals surface area contributed by atoms with Gasteiger partial charge >= 0.3 is 0 Å². The molecule has 2 heterocycles. The van der Waals surface area contributed by atoms with Crippen LogP contribution in [0.25, 0.3) is 11.8 Å². The smallest absolute Gasteiger partial charge is 0.177 e. The van der Waals surface area contributed by atoms with E-state index in [4.69, 9.17) is 9.47 Å². The summed E-state index contributed by atoms with van der Waals surface area (Å²) in [4.78, 5) is 0. The molecule has 136 valence electrons. The van der Waals surface area contributed by atoms with Crippen LogP contribution in [0, 0.1) is 11.2 Å². The van der Waals surface area contributed by atoms with Crippen LogP contribution in [0.4, 0.5) is 4.39 Å². The van der Waals surface area contributed by atoms with Crippen LogP contribution in [0.2, 0.25) is 0 Å². The number of hydrogen-bond donors (Lipinski definition) is 0. The summed E-state index contributed by atoms with van der Waals surface area (Å²) in [7, 11) is 0. The SMILES string of the molecule is CC12Cc3cnn(-c4ccc(F)cc4)c3C=C1CCCC21OCCCO1. The van der Waals surface area contributed by atoms with Crippen LogP contribution in [0.1, 0.15) is 43.9 Å². The molecule has 1 saturated carbocycles. The molecule has 5 heteroatoms. The predicted molar refractivity (Wildman–Crippen MR) is 96.4 cm³/mol. The van der Waals surface area contributed by atoms with E-state index in [0.717, 1.165) is 56.7 Å². The second-order valence-electron chi connectivity index (χ2n) is 7.78. The minimum absolute atomic E-state index is 0.157. The number of ether oxygens (including phenoxy) is 2. The average Bonchev–Trinajstić information content (AvgIpc) is 3.05. The summed E-state index contributed by atoms with van der Waals surface area (Å²) >= 11 is 0. The third-order valence-corrected chi connectivity index (χ3v) is 6.27. The topological polar surface area (TPSA) is 36.3 Å². The third-order valence-electron chi connectivity index (χ3n) is 6.27. The van der Waals surface area contributed by atoms with E-state index in [-0.39, 0.29) is 11.2 Å². The highest BCUT2D eigenvalue weighted by Crippen LogP contribution is 2.56. The molecule has 1 saturated heterocycles. The molecule has 26 heavy (non-hydrogen) atoms. The fourth-order valence-corrected chi connectivity index (χ4v) is 4.84. The molecule has 5 rings (SSSR count). The molecule has 0 N–H and O–H groups in total. The molecule has 1 unspecified atom stereocenters. The number of aromatic nitrogens is 2. The minimum Gasteiger partial charge on any atom is -0.349 e. The lowest BCUT2D eigenvalue weighted by atomic mass is 9.61. The van der Waals surface area contributed by atoms with Crippen LogP contribution in [-0.2, 0) is 15.9 Å². The van der Waals surface area contributed by atoms with Crippen LogP contribution < -0.4 is 0 Å². The average molecular weight is 354 g/mol. The van der Waals surface area contributed by atoms with E-state index >= 15 is 0 Å². The highest BCUT2D eigenvalue weighted by atomic mass is 19.1. The summed E-state index contributed by atoms with van der Waals surface area (Å²) < 4.78 is 27.7. The Kier molecular flexibility index (Phi) is 3.59. The van der Waals surface area contributed by atoms with Gasteiger partial charge in [0.05, 0.1) is 30.8 Å². The van der Waals surface area contributed by atoms with Gasteiger partial charge in [-0.15, -0.1) is 0 Å². The lowest BCUT2D eigenvalue weighted by Gasteiger charge is -2.54. The van der Waals surface area contributed by atoms with Gasteiger partial charge < -0.3 is 9.47 Å². The maximum Gasteiger partial charge on any atom is 0.177 e.